The molecule has 0 aliphatic rings. The van der Waals surface area contributed by atoms with E-state index in [0.717, 1.165) is 24.5 Å². The molecule has 0 aliphatic carbocycles. The van der Waals surface area contributed by atoms with Crippen LogP contribution in [0.5, 0.6) is 0 Å². The largest absolute Gasteiger partial charge is 0.416 e. The van der Waals surface area contributed by atoms with E-state index in [4.69, 9.17) is 5.73 Å². The first-order chi connectivity index (χ1) is 17.4. The van der Waals surface area contributed by atoms with Crippen molar-refractivity contribution in [1.82, 2.24) is 14.3 Å². The van der Waals surface area contributed by atoms with E-state index >= 15 is 0 Å². The van der Waals surface area contributed by atoms with E-state index in [9.17, 15) is 26.7 Å². The van der Waals surface area contributed by atoms with Gasteiger partial charge in [-0.2, -0.15) is 18.3 Å². The number of aliphatic imine (C=N–C) groups is 1. The molecule has 0 atom stereocenters. The molecule has 0 spiro atoms. The van der Waals surface area contributed by atoms with Crippen LogP contribution in [0, 0.1) is 18.6 Å². The minimum absolute atomic E-state index is 0.0220. The minimum Gasteiger partial charge on any atom is -0.402 e. The van der Waals surface area contributed by atoms with Crippen molar-refractivity contribution in [3.05, 3.63) is 118 Å². The van der Waals surface area contributed by atoms with Crippen molar-refractivity contribution in [1.29, 1.82) is 0 Å². The van der Waals surface area contributed by atoms with E-state index in [1.54, 1.807) is 32.0 Å². The van der Waals surface area contributed by atoms with Crippen LogP contribution in [0.25, 0.3) is 11.4 Å². The number of aromatic nitrogens is 3. The molecule has 0 saturated heterocycles. The van der Waals surface area contributed by atoms with Gasteiger partial charge in [0.25, 0.3) is 0 Å². The zero-order valence-corrected chi connectivity index (χ0v) is 19.6. The number of nitrogens with zero attached hydrogens (tertiary/aromatic N) is 4. The number of hydrogen-bond acceptors (Lipinski definition) is 4. The molecule has 0 aliphatic heterocycles. The Hall–Kier alpha value is -4.54. The lowest BCUT2D eigenvalue weighted by Gasteiger charge is -2.13. The normalized spacial score (nSPS) is 12.7. The Labute approximate surface area is 207 Å². The Balaban J connectivity index is 1.79. The summed E-state index contributed by atoms with van der Waals surface area (Å²) in [5.74, 6) is -1.96. The van der Waals surface area contributed by atoms with E-state index in [0.29, 0.717) is 16.9 Å². The number of allylic oxidation sites excluding steroid dienone is 2. The first kappa shape index (κ1) is 25.5. The van der Waals surface area contributed by atoms with Gasteiger partial charge in [-0.05, 0) is 61.9 Å². The summed E-state index contributed by atoms with van der Waals surface area (Å²) in [6.45, 7) is 3.29. The molecular weight excluding hydrogens is 493 g/mol. The van der Waals surface area contributed by atoms with Crippen LogP contribution in [0.4, 0.5) is 27.6 Å². The summed E-state index contributed by atoms with van der Waals surface area (Å²) in [6.07, 6.45) is 0.225. The number of nitrogens with two attached hydrogens (primary N) is 1. The number of rotatable bonds is 5. The highest BCUT2D eigenvalue weighted by Crippen LogP contribution is 2.31. The van der Waals surface area contributed by atoms with E-state index in [2.05, 4.69) is 10.1 Å². The maximum atomic E-state index is 13.4. The van der Waals surface area contributed by atoms with Crippen LogP contribution < -0.4 is 11.2 Å². The maximum Gasteiger partial charge on any atom is 0.416 e. The highest BCUT2D eigenvalue weighted by molar-refractivity contribution is 6.08. The molecule has 2 aromatic heterocycles. The fourth-order valence-electron chi connectivity index (χ4n) is 3.59. The van der Waals surface area contributed by atoms with Crippen molar-refractivity contribution in [2.24, 2.45) is 10.7 Å². The second-order valence-corrected chi connectivity index (χ2v) is 8.24. The van der Waals surface area contributed by atoms with Crippen LogP contribution in [0.3, 0.4) is 0 Å². The Morgan fingerprint density at radius 2 is 1.76 bits per heavy atom. The molecule has 4 aromatic rings. The molecule has 37 heavy (non-hydrogen) atoms. The fraction of sp³-hybridized carbons (Fsp3) is 0.115. The van der Waals surface area contributed by atoms with E-state index < -0.39 is 28.8 Å². The van der Waals surface area contributed by atoms with Gasteiger partial charge in [0.15, 0.2) is 17.3 Å². The highest BCUT2D eigenvalue weighted by Gasteiger charge is 2.30. The van der Waals surface area contributed by atoms with Crippen molar-refractivity contribution < 1.29 is 22.0 Å². The quantitative estimate of drug-likeness (QED) is 0.278. The first-order valence-electron chi connectivity index (χ1n) is 10.9. The zero-order chi connectivity index (χ0) is 26.9. The number of alkyl halides is 3. The topological polar surface area (TPSA) is 78.2 Å². The Bertz CT molecular complexity index is 1570. The van der Waals surface area contributed by atoms with Gasteiger partial charge >= 0.3 is 6.18 Å². The molecule has 4 rings (SSSR count). The third-order valence-electron chi connectivity index (χ3n) is 5.30. The molecule has 11 heteroatoms. The van der Waals surface area contributed by atoms with Crippen LogP contribution >= 0.6 is 0 Å². The standard InChI is InChI=1S/C26H20F5N5O/c1-15-10-19(35-13-20(27)21(28)14-35)6-7-23(15)36-9-8-24(37)25(34-36)22(11-16(2)32)33-18-5-3-4-17(12-18)26(29,30)31/h3-14H,32H2,1-2H3. The van der Waals surface area contributed by atoms with E-state index in [-0.39, 0.29) is 22.8 Å². The van der Waals surface area contributed by atoms with Crippen LogP contribution in [0.15, 0.2) is 88.7 Å². The van der Waals surface area contributed by atoms with Gasteiger partial charge in [0.05, 0.1) is 22.6 Å². The zero-order valence-electron chi connectivity index (χ0n) is 19.6. The van der Waals surface area contributed by atoms with Crippen LogP contribution in [-0.2, 0) is 6.18 Å². The number of aryl methyl sites for hydroxylation is 1. The lowest BCUT2D eigenvalue weighted by atomic mass is 10.1. The number of hydrogen-bond donors (Lipinski definition) is 1. The Kier molecular flexibility index (Phi) is 6.80. The predicted molar refractivity (Wildman–Crippen MR) is 129 cm³/mol. The van der Waals surface area contributed by atoms with Crippen molar-refractivity contribution in [2.75, 3.05) is 0 Å². The van der Waals surface area contributed by atoms with Crippen molar-refractivity contribution in [3.8, 4) is 11.4 Å². The molecule has 0 saturated carbocycles. The average molecular weight is 513 g/mol. The van der Waals surface area contributed by atoms with Gasteiger partial charge in [-0.1, -0.05) is 6.07 Å². The first-order valence-corrected chi connectivity index (χ1v) is 10.9. The molecular formula is C26H20F5N5O. The molecule has 6 nitrogen and oxygen atoms in total. The summed E-state index contributed by atoms with van der Waals surface area (Å²) >= 11 is 0. The van der Waals surface area contributed by atoms with Gasteiger partial charge in [0.2, 0.25) is 5.43 Å². The monoisotopic (exact) mass is 513 g/mol. The smallest absolute Gasteiger partial charge is 0.402 e. The molecule has 0 fully saturated rings. The lowest BCUT2D eigenvalue weighted by molar-refractivity contribution is -0.137. The average Bonchev–Trinajstić information content (AvgIpc) is 3.16. The van der Waals surface area contributed by atoms with Crippen molar-refractivity contribution in [2.45, 2.75) is 20.0 Å². The van der Waals surface area contributed by atoms with Crippen molar-refractivity contribution in [3.63, 3.8) is 0 Å². The van der Waals surface area contributed by atoms with Gasteiger partial charge in [-0.3, -0.25) is 4.79 Å². The SMILES string of the molecule is CC(N)=CC(=Nc1cccc(C(F)(F)F)c1)c1nn(-c2ccc(-n3cc(F)c(F)c3)cc2C)ccc1=O. The molecule has 0 unspecified atom stereocenters. The van der Waals surface area contributed by atoms with Crippen LogP contribution in [-0.4, -0.2) is 20.1 Å². The summed E-state index contributed by atoms with van der Waals surface area (Å²) in [4.78, 5) is 17.0. The second-order valence-electron chi connectivity index (χ2n) is 8.24. The highest BCUT2D eigenvalue weighted by atomic mass is 19.4. The van der Waals surface area contributed by atoms with Gasteiger partial charge < -0.3 is 10.3 Å². The molecule has 190 valence electrons. The molecule has 2 N–H and O–H groups in total. The second kappa shape index (κ2) is 9.84. The third kappa shape index (κ3) is 5.66. The van der Waals surface area contributed by atoms with E-state index in [1.807, 2.05) is 0 Å². The molecule has 0 amide bonds. The van der Waals surface area contributed by atoms with Crippen LogP contribution in [0.1, 0.15) is 23.7 Å². The predicted octanol–water partition coefficient (Wildman–Crippen LogP) is 5.61. The fourth-order valence-corrected chi connectivity index (χ4v) is 3.59. The third-order valence-corrected chi connectivity index (χ3v) is 5.30. The summed E-state index contributed by atoms with van der Waals surface area (Å²) in [5.41, 5.74) is 6.16. The number of halogens is 5. The summed E-state index contributed by atoms with van der Waals surface area (Å²) in [6, 6.07) is 10.5. The van der Waals surface area contributed by atoms with Crippen molar-refractivity contribution >= 4 is 11.4 Å². The summed E-state index contributed by atoms with van der Waals surface area (Å²) in [5, 5.41) is 4.37. The van der Waals surface area contributed by atoms with Gasteiger partial charge in [0.1, 0.15) is 0 Å². The summed E-state index contributed by atoms with van der Waals surface area (Å²) < 4.78 is 69.0. The Morgan fingerprint density at radius 1 is 1.05 bits per heavy atom. The molecule has 0 radical (unpaired) electrons. The minimum atomic E-state index is -4.56. The van der Waals surface area contributed by atoms with Crippen LogP contribution in [0.2, 0.25) is 0 Å². The van der Waals surface area contributed by atoms with Gasteiger partial charge in [-0.15, -0.1) is 0 Å². The van der Waals surface area contributed by atoms with Gasteiger partial charge in [-0.25, -0.2) is 18.5 Å². The Morgan fingerprint density at radius 3 is 2.38 bits per heavy atom. The molecule has 0 bridgehead atoms. The molecule has 2 heterocycles. The maximum absolute atomic E-state index is 13.4. The number of benzene rings is 2. The molecule has 2 aromatic carbocycles. The lowest BCUT2D eigenvalue weighted by Crippen LogP contribution is -2.21. The van der Waals surface area contributed by atoms with E-state index in [1.165, 1.54) is 39.7 Å². The van der Waals surface area contributed by atoms with Gasteiger partial charge in [0, 0.05) is 36.0 Å². The summed E-state index contributed by atoms with van der Waals surface area (Å²) in [7, 11) is 0.